The van der Waals surface area contributed by atoms with Gasteiger partial charge in [-0.05, 0) is 141 Å². The van der Waals surface area contributed by atoms with Gasteiger partial charge in [-0.2, -0.15) is 0 Å². The van der Waals surface area contributed by atoms with Crippen LogP contribution in [0.5, 0.6) is 0 Å². The first-order valence-corrected chi connectivity index (χ1v) is 51.9. The normalized spacial score (nSPS) is 23.5. The Labute approximate surface area is 825 Å². The largest absolute Gasteiger partial charge is 0.450 e. The van der Waals surface area contributed by atoms with Crippen molar-refractivity contribution in [1.82, 2.24) is 52.8 Å². The lowest BCUT2D eigenvalue weighted by Crippen LogP contribution is -2.64. The fourth-order valence-corrected chi connectivity index (χ4v) is 18.9. The molecule has 46 heteroatoms. The molecule has 4 aliphatic rings. The van der Waals surface area contributed by atoms with Gasteiger partial charge >= 0.3 is 18.3 Å². The highest BCUT2D eigenvalue weighted by Crippen LogP contribution is 2.41. The second-order valence-corrected chi connectivity index (χ2v) is 39.5. The van der Waals surface area contributed by atoms with Crippen molar-refractivity contribution in [2.24, 2.45) is 5.41 Å². The van der Waals surface area contributed by atoms with E-state index in [0.717, 1.165) is 44.9 Å². The van der Waals surface area contributed by atoms with E-state index in [-0.39, 0.29) is 163 Å². The zero-order valence-electron chi connectivity index (χ0n) is 82.7. The maximum Gasteiger partial charge on any atom is 0.407 e. The molecule has 0 aromatic carbocycles. The van der Waals surface area contributed by atoms with Gasteiger partial charge in [-0.15, -0.1) is 0 Å². The minimum Gasteiger partial charge on any atom is -0.450 e. The summed E-state index contributed by atoms with van der Waals surface area (Å²) in [6.07, 6.45) is -1.85. The molecule has 4 saturated heterocycles. The highest BCUT2D eigenvalue weighted by atomic mass is 33.1. The van der Waals surface area contributed by atoms with E-state index < -0.39 is 153 Å². The van der Waals surface area contributed by atoms with Gasteiger partial charge in [-0.3, -0.25) is 43.2 Å². The van der Waals surface area contributed by atoms with E-state index in [1.54, 1.807) is 35.8 Å². The number of rotatable bonds is 78. The number of aliphatic hydroxyl groups is 9. The van der Waals surface area contributed by atoms with E-state index >= 15 is 0 Å². The fourth-order valence-electron chi connectivity index (χ4n) is 16.5. The molecule has 44 nitrogen and oxygen atoms in total. The lowest BCUT2D eigenvalue weighted by molar-refractivity contribution is -0.270. The van der Waals surface area contributed by atoms with Gasteiger partial charge in [-0.25, -0.2) is 14.4 Å². The van der Waals surface area contributed by atoms with Crippen molar-refractivity contribution in [1.29, 1.82) is 0 Å². The maximum atomic E-state index is 14.3. The summed E-state index contributed by atoms with van der Waals surface area (Å²) >= 11 is 0. The quantitative estimate of drug-likeness (QED) is 0.0236. The first-order valence-electron chi connectivity index (χ1n) is 49.6. The number of ketones is 2. The summed E-state index contributed by atoms with van der Waals surface area (Å²) in [5, 5.41) is 116. The Morgan fingerprint density at radius 2 is 0.755 bits per heavy atom. The summed E-state index contributed by atoms with van der Waals surface area (Å²) in [6.45, 7) is 10.4. The number of carbonyl (C=O) groups is 12. The molecule has 0 aromatic heterocycles. The van der Waals surface area contributed by atoms with Crippen molar-refractivity contribution in [2.45, 2.75) is 355 Å². The van der Waals surface area contributed by atoms with Crippen molar-refractivity contribution in [3.63, 3.8) is 0 Å². The Hall–Kier alpha value is -6.62. The molecule has 0 aromatic rings. The molecular formula is C93H166N10O34S2. The van der Waals surface area contributed by atoms with Crippen molar-refractivity contribution in [3.8, 4) is 0 Å². The molecule has 4 rings (SSSR count). The van der Waals surface area contributed by atoms with Gasteiger partial charge in [0.25, 0.3) is 0 Å². The lowest BCUT2D eigenvalue weighted by Gasteiger charge is -2.42. The number of Topliss-reactive ketones (excluding diaryl/α,β-unsaturated/α-hetero) is 2. The number of ether oxygens (including phenoxy) is 13. The van der Waals surface area contributed by atoms with Crippen LogP contribution in [0.4, 0.5) is 14.4 Å². The van der Waals surface area contributed by atoms with Gasteiger partial charge in [0, 0.05) is 143 Å². The number of nitrogens with zero attached hydrogens (tertiary/aromatic N) is 1. The fraction of sp³-hybridized carbons (Fsp3) is 0.871. The molecule has 18 N–H and O–H groups in total. The molecule has 804 valence electrons. The number of hydrogen-bond donors (Lipinski definition) is 18. The second-order valence-electron chi connectivity index (χ2n) is 36.4. The van der Waals surface area contributed by atoms with Gasteiger partial charge in [-0.1, -0.05) is 60.1 Å². The Kier molecular flexibility index (Phi) is 65.9. The Bertz CT molecular complexity index is 3230. The van der Waals surface area contributed by atoms with Crippen LogP contribution in [0, 0.1) is 5.41 Å². The van der Waals surface area contributed by atoms with Crippen LogP contribution in [0.2, 0.25) is 0 Å². The van der Waals surface area contributed by atoms with Gasteiger partial charge < -0.3 is 160 Å². The molecule has 15 unspecified atom stereocenters. The number of likely N-dealkylation sites (tertiary alicyclic amines) is 1. The molecule has 0 bridgehead atoms. The van der Waals surface area contributed by atoms with Crippen LogP contribution in [-0.4, -0.2) is 389 Å². The summed E-state index contributed by atoms with van der Waals surface area (Å²) in [7, 11) is 6.63. The molecule has 0 aliphatic carbocycles. The average Bonchev–Trinajstić information content (AvgIpc) is 1.16. The number of aliphatic hydroxyl groups excluding tert-OH is 9. The number of carbonyl (C=O) groups excluding carboxylic acids is 12. The Balaban J connectivity index is 1.29. The van der Waals surface area contributed by atoms with E-state index in [1.807, 2.05) is 4.90 Å². The number of amides is 10. The summed E-state index contributed by atoms with van der Waals surface area (Å²) in [5.74, 6) is -1.31. The lowest BCUT2D eigenvalue weighted by atomic mass is 9.71. The minimum atomic E-state index is -1.46. The molecular weight excluding hydrogens is 1870 g/mol. The van der Waals surface area contributed by atoms with E-state index in [4.69, 9.17) is 61.6 Å². The standard InChI is InChI=1S/C93H166N10O34S2/c1-63(107)100-77-83(119)80(116)70(59-104)135-86(77)129-45-22-29-73(112)94-39-16-8-11-19-42-97-89(122)132-48-25-35-93(36-26-49-133-90(123)98-43-20-12-9-17-40-95-74(113)30-23-46-130-87-78(101-64(2)108)84(120)81(117)71(60-105)136-87,37-27-50-134-91(124)99-44-21-13-10-18-41-96-75(114)31-24-47-131-88-79(102-65(3)109)85(121)82(118)72(61-106)137-88)57-68(111)34-51-127-52-53-128-54-55-138-139-92(4,5)38-33-67(110)28-14-15-32-76(115)103-58-69(126-7)56-66(103)62-125-6/h66,69-72,77-88,104-106,116-121H,8-62H2,1-7H3,(H,94,112)(H,95,113)(H,96,114)(H,97,122)(H,98,123)(H,99,124)(H,100,107)(H,101,108)(H,102,109)/t66-,69+,70?,71?,72?,77?,78?,79?,80?,81?,82?,83?,84?,85?,86?,87?,88?,93?/m1/s1. The zero-order valence-corrected chi connectivity index (χ0v) is 84.3. The summed E-state index contributed by atoms with van der Waals surface area (Å²) in [5.41, 5.74) is -0.763. The van der Waals surface area contributed by atoms with Crippen LogP contribution < -0.4 is 47.9 Å². The third-order valence-corrected chi connectivity index (χ3v) is 27.5. The highest BCUT2D eigenvalue weighted by molar-refractivity contribution is 8.77. The Morgan fingerprint density at radius 3 is 1.12 bits per heavy atom. The number of unbranched alkanes of at least 4 members (excludes halogenated alkanes) is 10. The van der Waals surface area contributed by atoms with E-state index in [2.05, 4.69) is 61.7 Å². The van der Waals surface area contributed by atoms with E-state index in [9.17, 15) is 103 Å². The molecule has 0 spiro atoms. The summed E-state index contributed by atoms with van der Waals surface area (Å²) in [4.78, 5) is 155. The molecule has 4 fully saturated rings. The highest BCUT2D eigenvalue weighted by Gasteiger charge is 2.49. The van der Waals surface area contributed by atoms with Crippen molar-refractivity contribution >= 4 is 92.8 Å². The molecule has 0 radical (unpaired) electrons. The third kappa shape index (κ3) is 53.7. The zero-order chi connectivity index (χ0) is 102. The Morgan fingerprint density at radius 1 is 0.388 bits per heavy atom. The number of alkyl carbamates (subject to hydrolysis) is 3. The smallest absolute Gasteiger partial charge is 0.407 e. The predicted octanol–water partition coefficient (Wildman–Crippen LogP) is 2.46. The van der Waals surface area contributed by atoms with Crippen molar-refractivity contribution < 1.29 is 165 Å². The van der Waals surface area contributed by atoms with Gasteiger partial charge in [0.15, 0.2) is 18.9 Å². The molecule has 10 amide bonds. The van der Waals surface area contributed by atoms with Crippen LogP contribution >= 0.6 is 21.6 Å². The molecule has 4 aliphatic heterocycles. The van der Waals surface area contributed by atoms with E-state index in [0.29, 0.717) is 180 Å². The topological polar surface area (TPSA) is 618 Å². The number of methoxy groups -OCH3 is 2. The van der Waals surface area contributed by atoms with Gasteiger partial charge in [0.05, 0.1) is 105 Å². The molecule has 4 heterocycles. The van der Waals surface area contributed by atoms with Crippen LogP contribution in [0.3, 0.4) is 0 Å². The van der Waals surface area contributed by atoms with Gasteiger partial charge in [0.2, 0.25) is 41.4 Å². The number of nitrogens with one attached hydrogen (secondary N) is 9. The molecule has 139 heavy (non-hydrogen) atoms. The minimum absolute atomic E-state index is 0.00467. The number of hydrogen-bond acceptors (Lipinski definition) is 36. The predicted molar refractivity (Wildman–Crippen MR) is 510 cm³/mol. The van der Waals surface area contributed by atoms with Crippen LogP contribution in [-0.2, 0) is 105 Å². The summed E-state index contributed by atoms with van der Waals surface area (Å²) < 4.78 is 73.3. The average molecular weight is 2030 g/mol. The van der Waals surface area contributed by atoms with Crippen LogP contribution in [0.15, 0.2) is 0 Å². The first kappa shape index (κ1) is 125. The van der Waals surface area contributed by atoms with E-state index in [1.165, 1.54) is 20.8 Å². The van der Waals surface area contributed by atoms with Crippen molar-refractivity contribution in [3.05, 3.63) is 0 Å². The second kappa shape index (κ2) is 73.4. The third-order valence-electron chi connectivity index (χ3n) is 24.1. The monoisotopic (exact) mass is 2030 g/mol. The summed E-state index contributed by atoms with van der Waals surface area (Å²) in [6, 6.07) is -3.31. The van der Waals surface area contributed by atoms with Crippen LogP contribution in [0.1, 0.15) is 247 Å². The van der Waals surface area contributed by atoms with Crippen LogP contribution in [0.25, 0.3) is 0 Å². The molecule has 0 saturated carbocycles. The van der Waals surface area contributed by atoms with Crippen molar-refractivity contribution in [2.75, 3.05) is 158 Å². The maximum absolute atomic E-state index is 14.3. The SMILES string of the molecule is COC[C@H]1C[C@H](OC)CN1C(=O)CCCCC(=O)CCC(C)(C)SSCCOCCOCCC(=O)CC(CCCOC(=O)NCCCCCCNC(=O)CCCOC1OC(CO)C(O)C(O)C1NC(C)=O)(CCCOC(=O)NCCCCCCNC(=O)CCCOC1OC(CO)C(O)C(O)C1NC(C)=O)CCCOC(=O)NCCCCCCNC(=O)CCCOC1OC(CO)C(O)C(O)C1NC(C)=O. The molecule has 17 atom stereocenters. The first-order chi connectivity index (χ1) is 66.7. The van der Waals surface area contributed by atoms with Gasteiger partial charge in [0.1, 0.15) is 84.6 Å².